The molecule has 2 N–H and O–H groups in total. The van der Waals surface area contributed by atoms with Crippen LogP contribution in [-0.4, -0.2) is 35.2 Å². The van der Waals surface area contributed by atoms with Crippen molar-refractivity contribution in [1.82, 2.24) is 10.0 Å². The highest BCUT2D eigenvalue weighted by atomic mass is 35.5. The van der Waals surface area contributed by atoms with Crippen molar-refractivity contribution in [3.8, 4) is 5.75 Å². The van der Waals surface area contributed by atoms with Crippen molar-refractivity contribution in [2.75, 3.05) is 26.7 Å². The zero-order valence-corrected chi connectivity index (χ0v) is 12.4. The van der Waals surface area contributed by atoms with Gasteiger partial charge in [0.25, 0.3) is 0 Å². The first-order chi connectivity index (χ1) is 8.63. The van der Waals surface area contributed by atoms with E-state index in [4.69, 9.17) is 4.74 Å². The molecule has 0 radical (unpaired) electrons. The Hall–Kier alpha value is -0.820. The third-order valence-corrected chi connectivity index (χ3v) is 4.32. The molecule has 0 bridgehead atoms. The normalized spacial score (nSPS) is 14.2. The number of halogens is 1. The van der Waals surface area contributed by atoms with Crippen LogP contribution < -0.4 is 14.8 Å². The maximum absolute atomic E-state index is 12.0. The minimum atomic E-state index is -3.41. The van der Waals surface area contributed by atoms with Gasteiger partial charge in [0.15, 0.2) is 0 Å². The number of ether oxygens (including phenoxy) is 1. The van der Waals surface area contributed by atoms with E-state index in [2.05, 4.69) is 10.0 Å². The number of fused-ring (bicyclic) bond motifs is 1. The van der Waals surface area contributed by atoms with E-state index in [1.165, 1.54) is 0 Å². The van der Waals surface area contributed by atoms with E-state index < -0.39 is 10.0 Å². The van der Waals surface area contributed by atoms with Crippen LogP contribution in [0.2, 0.25) is 0 Å². The zero-order valence-electron chi connectivity index (χ0n) is 10.8. The largest absolute Gasteiger partial charge is 0.493 e. The number of benzene rings is 1. The number of likely N-dealkylation sites (N-methyl/N-ethyl adjacent to an activating group) is 1. The van der Waals surface area contributed by atoms with Gasteiger partial charge in [-0.2, -0.15) is 0 Å². The molecule has 0 aromatic heterocycles. The maximum Gasteiger partial charge on any atom is 0.240 e. The lowest BCUT2D eigenvalue weighted by atomic mass is 10.1. The van der Waals surface area contributed by atoms with Crippen LogP contribution >= 0.6 is 12.4 Å². The standard InChI is InChI=1S/C12H18N2O3S.ClH/c1-13-6-7-14-18(15,16)11-4-5-12-10(9-11)3-2-8-17-12;/h4-5,9,13-14H,2-3,6-8H2,1H3;1H. The topological polar surface area (TPSA) is 67.4 Å². The molecule has 0 saturated heterocycles. The van der Waals surface area contributed by atoms with Gasteiger partial charge >= 0.3 is 0 Å². The number of sulfonamides is 1. The van der Waals surface area contributed by atoms with Crippen molar-refractivity contribution < 1.29 is 13.2 Å². The smallest absolute Gasteiger partial charge is 0.240 e. The molecule has 5 nitrogen and oxygen atoms in total. The molecule has 1 aromatic carbocycles. The van der Waals surface area contributed by atoms with E-state index in [0.29, 0.717) is 24.6 Å². The van der Waals surface area contributed by atoms with E-state index in [0.717, 1.165) is 24.2 Å². The van der Waals surface area contributed by atoms with Crippen LogP contribution in [0.3, 0.4) is 0 Å². The molecule has 1 aliphatic heterocycles. The SMILES string of the molecule is CNCCNS(=O)(=O)c1ccc2c(c1)CCCO2.Cl. The third-order valence-electron chi connectivity index (χ3n) is 2.86. The van der Waals surface area contributed by atoms with Gasteiger partial charge in [0.2, 0.25) is 10.0 Å². The second kappa shape index (κ2) is 7.09. The summed E-state index contributed by atoms with van der Waals surface area (Å²) >= 11 is 0. The van der Waals surface area contributed by atoms with Gasteiger partial charge in [-0.15, -0.1) is 12.4 Å². The lowest BCUT2D eigenvalue weighted by Crippen LogP contribution is -2.30. The second-order valence-corrected chi connectivity index (χ2v) is 5.99. The van der Waals surface area contributed by atoms with Gasteiger partial charge in [-0.3, -0.25) is 0 Å². The first-order valence-electron chi connectivity index (χ1n) is 6.03. The van der Waals surface area contributed by atoms with Gasteiger partial charge in [-0.25, -0.2) is 13.1 Å². The van der Waals surface area contributed by atoms with E-state index in [1.807, 2.05) is 0 Å². The van der Waals surface area contributed by atoms with Crippen LogP contribution in [0, 0.1) is 0 Å². The van der Waals surface area contributed by atoms with Crippen molar-refractivity contribution in [3.63, 3.8) is 0 Å². The molecule has 1 heterocycles. The number of hydrogen-bond donors (Lipinski definition) is 2. The molecule has 0 saturated carbocycles. The summed E-state index contributed by atoms with van der Waals surface area (Å²) in [6.45, 7) is 1.69. The summed E-state index contributed by atoms with van der Waals surface area (Å²) in [6.07, 6.45) is 1.80. The van der Waals surface area contributed by atoms with Crippen LogP contribution in [0.4, 0.5) is 0 Å². The minimum absolute atomic E-state index is 0. The molecule has 2 rings (SSSR count). The van der Waals surface area contributed by atoms with Crippen LogP contribution in [-0.2, 0) is 16.4 Å². The number of aryl methyl sites for hydroxylation is 1. The average molecular weight is 307 g/mol. The van der Waals surface area contributed by atoms with Crippen molar-refractivity contribution in [3.05, 3.63) is 23.8 Å². The molecule has 19 heavy (non-hydrogen) atoms. The van der Waals surface area contributed by atoms with Gasteiger partial charge in [0.05, 0.1) is 11.5 Å². The van der Waals surface area contributed by atoms with Gasteiger partial charge in [0, 0.05) is 13.1 Å². The number of hydrogen-bond acceptors (Lipinski definition) is 4. The van der Waals surface area contributed by atoms with Crippen LogP contribution in [0.5, 0.6) is 5.75 Å². The fourth-order valence-electron chi connectivity index (χ4n) is 1.90. The van der Waals surface area contributed by atoms with E-state index >= 15 is 0 Å². The number of rotatable bonds is 5. The predicted octanol–water partition coefficient (Wildman–Crippen LogP) is 0.931. The van der Waals surface area contributed by atoms with E-state index in [-0.39, 0.29) is 12.4 Å². The number of nitrogens with one attached hydrogen (secondary N) is 2. The van der Waals surface area contributed by atoms with Crippen molar-refractivity contribution in [2.24, 2.45) is 0 Å². The van der Waals surface area contributed by atoms with Crippen molar-refractivity contribution in [2.45, 2.75) is 17.7 Å². The first-order valence-corrected chi connectivity index (χ1v) is 7.52. The van der Waals surface area contributed by atoms with E-state index in [9.17, 15) is 8.42 Å². The fourth-order valence-corrected chi connectivity index (χ4v) is 2.98. The minimum Gasteiger partial charge on any atom is -0.493 e. The van der Waals surface area contributed by atoms with E-state index in [1.54, 1.807) is 25.2 Å². The average Bonchev–Trinajstić information content (AvgIpc) is 2.38. The lowest BCUT2D eigenvalue weighted by Gasteiger charge is -2.18. The molecule has 0 atom stereocenters. The molecular formula is C12H19ClN2O3S. The van der Waals surface area contributed by atoms with Crippen LogP contribution in [0.25, 0.3) is 0 Å². The highest BCUT2D eigenvalue weighted by Gasteiger charge is 2.17. The highest BCUT2D eigenvalue weighted by Crippen LogP contribution is 2.27. The fraction of sp³-hybridized carbons (Fsp3) is 0.500. The Morgan fingerprint density at radius 2 is 2.11 bits per heavy atom. The molecule has 1 aromatic rings. The quantitative estimate of drug-likeness (QED) is 0.794. The van der Waals surface area contributed by atoms with Gasteiger partial charge in [-0.1, -0.05) is 0 Å². The Labute approximate surface area is 120 Å². The second-order valence-electron chi connectivity index (χ2n) is 4.22. The monoisotopic (exact) mass is 306 g/mol. The summed E-state index contributed by atoms with van der Waals surface area (Å²) in [4.78, 5) is 0.308. The molecule has 0 aliphatic carbocycles. The molecule has 108 valence electrons. The summed E-state index contributed by atoms with van der Waals surface area (Å²) in [7, 11) is -1.63. The molecule has 0 unspecified atom stereocenters. The maximum atomic E-state index is 12.0. The summed E-state index contributed by atoms with van der Waals surface area (Å²) in [6, 6.07) is 5.03. The third kappa shape index (κ3) is 4.07. The Bertz CT molecular complexity index is 520. The van der Waals surface area contributed by atoms with Gasteiger partial charge in [0.1, 0.15) is 5.75 Å². The summed E-state index contributed by atoms with van der Waals surface area (Å²) in [5, 5.41) is 2.89. The van der Waals surface area contributed by atoms with Crippen LogP contribution in [0.15, 0.2) is 23.1 Å². The van der Waals surface area contributed by atoms with Crippen LogP contribution in [0.1, 0.15) is 12.0 Å². The first kappa shape index (κ1) is 16.2. The Morgan fingerprint density at radius 1 is 1.32 bits per heavy atom. The molecule has 0 amide bonds. The van der Waals surface area contributed by atoms with Crippen molar-refractivity contribution in [1.29, 1.82) is 0 Å². The highest BCUT2D eigenvalue weighted by molar-refractivity contribution is 7.89. The molecule has 0 fully saturated rings. The van der Waals surface area contributed by atoms with Gasteiger partial charge < -0.3 is 10.1 Å². The lowest BCUT2D eigenvalue weighted by molar-refractivity contribution is 0.288. The molecule has 0 spiro atoms. The van der Waals surface area contributed by atoms with Crippen molar-refractivity contribution >= 4 is 22.4 Å². The predicted molar refractivity (Wildman–Crippen MR) is 76.6 cm³/mol. The summed E-state index contributed by atoms with van der Waals surface area (Å²) in [5.41, 5.74) is 0.970. The van der Waals surface area contributed by atoms with Gasteiger partial charge in [-0.05, 0) is 43.7 Å². The molecule has 7 heteroatoms. The molecule has 1 aliphatic rings. The Kier molecular flexibility index (Phi) is 6.06. The zero-order chi connectivity index (χ0) is 13.0. The summed E-state index contributed by atoms with van der Waals surface area (Å²) < 4.78 is 32.0. The Morgan fingerprint density at radius 3 is 2.84 bits per heavy atom. The summed E-state index contributed by atoms with van der Waals surface area (Å²) in [5.74, 6) is 0.801. The molecular weight excluding hydrogens is 288 g/mol. The Balaban J connectivity index is 0.00000180.